The lowest BCUT2D eigenvalue weighted by Crippen LogP contribution is -2.30. The summed E-state index contributed by atoms with van der Waals surface area (Å²) in [6.45, 7) is 6.45. The van der Waals surface area contributed by atoms with Gasteiger partial charge >= 0.3 is 17.9 Å². The summed E-state index contributed by atoms with van der Waals surface area (Å²) in [6.07, 6.45) is 78.4. The van der Waals surface area contributed by atoms with Crippen molar-refractivity contribution in [2.45, 2.75) is 284 Å². The van der Waals surface area contributed by atoms with Crippen LogP contribution in [0.15, 0.2) is 97.2 Å². The van der Waals surface area contributed by atoms with Gasteiger partial charge in [0.15, 0.2) is 6.10 Å². The van der Waals surface area contributed by atoms with Gasteiger partial charge in [-0.1, -0.05) is 246 Å². The first-order valence-electron chi connectivity index (χ1n) is 29.7. The zero-order valence-corrected chi connectivity index (χ0v) is 46.5. The standard InChI is InChI=1S/C65H110O6/c1-4-7-10-13-16-19-22-25-27-29-31-32-34-36-38-41-44-47-50-53-56-59-65(68)71-62(60-69-63(66)57-54-51-48-45-42-39-24-21-18-15-12-9-6-3)61-70-64(67)58-55-52-49-46-43-40-37-35-33-30-28-26-23-20-17-14-11-8-5-2/h8,11,17,20-21,24-28,33,35,40,43,49,52,62H,4-7,9-10,12-16,18-19,22-23,29-32,34,36-39,41-42,44-48,50-51,53-61H2,1-3H3/b11-8-,20-17-,24-21-,27-25-,28-26-,35-33-,43-40-,52-49-/t62-/m0/s1. The molecule has 0 fully saturated rings. The zero-order valence-electron chi connectivity index (χ0n) is 46.5. The fourth-order valence-corrected chi connectivity index (χ4v) is 8.11. The molecule has 1 atom stereocenters. The molecule has 0 bridgehead atoms. The van der Waals surface area contributed by atoms with Crippen molar-refractivity contribution in [3.05, 3.63) is 97.2 Å². The molecule has 0 radical (unpaired) electrons. The molecule has 0 aromatic heterocycles. The van der Waals surface area contributed by atoms with Crippen molar-refractivity contribution in [2.75, 3.05) is 13.2 Å². The average Bonchev–Trinajstić information content (AvgIpc) is 3.37. The van der Waals surface area contributed by atoms with Gasteiger partial charge in [-0.05, 0) is 109 Å². The molecule has 0 saturated heterocycles. The zero-order chi connectivity index (χ0) is 51.4. The van der Waals surface area contributed by atoms with E-state index in [2.05, 4.69) is 112 Å². The molecule has 0 aromatic rings. The summed E-state index contributed by atoms with van der Waals surface area (Å²) in [5.41, 5.74) is 0. The van der Waals surface area contributed by atoms with E-state index in [0.29, 0.717) is 19.3 Å². The number of ether oxygens (including phenoxy) is 3. The Balaban J connectivity index is 4.46. The number of esters is 3. The maximum atomic E-state index is 12.9. The van der Waals surface area contributed by atoms with Crippen LogP contribution in [0.2, 0.25) is 0 Å². The molecule has 0 aliphatic rings. The molecule has 0 unspecified atom stereocenters. The Hall–Kier alpha value is -3.67. The number of unbranched alkanes of at least 4 members (excludes halogenated alkanes) is 26. The van der Waals surface area contributed by atoms with Crippen molar-refractivity contribution in [1.29, 1.82) is 0 Å². The van der Waals surface area contributed by atoms with Crippen LogP contribution in [0.5, 0.6) is 0 Å². The van der Waals surface area contributed by atoms with E-state index in [1.165, 1.54) is 141 Å². The van der Waals surface area contributed by atoms with E-state index in [1.54, 1.807) is 0 Å². The van der Waals surface area contributed by atoms with E-state index in [-0.39, 0.29) is 37.5 Å². The molecule has 0 aliphatic carbocycles. The first-order valence-corrected chi connectivity index (χ1v) is 29.7. The fourth-order valence-electron chi connectivity index (χ4n) is 8.11. The van der Waals surface area contributed by atoms with Gasteiger partial charge < -0.3 is 14.2 Å². The van der Waals surface area contributed by atoms with Crippen LogP contribution in [0, 0.1) is 0 Å². The number of carbonyl (C=O) groups excluding carboxylic acids is 3. The van der Waals surface area contributed by atoms with E-state index >= 15 is 0 Å². The Morgan fingerprint density at radius 2 is 0.577 bits per heavy atom. The van der Waals surface area contributed by atoms with Crippen LogP contribution in [0.1, 0.15) is 278 Å². The normalized spacial score (nSPS) is 12.8. The Labute approximate surface area is 438 Å². The van der Waals surface area contributed by atoms with E-state index in [4.69, 9.17) is 14.2 Å². The van der Waals surface area contributed by atoms with Gasteiger partial charge in [0.25, 0.3) is 0 Å². The van der Waals surface area contributed by atoms with Crippen molar-refractivity contribution in [3.63, 3.8) is 0 Å². The van der Waals surface area contributed by atoms with Gasteiger partial charge in [-0.2, -0.15) is 0 Å². The molecular weight excluding hydrogens is 877 g/mol. The minimum absolute atomic E-state index is 0.105. The number of rotatable bonds is 53. The molecule has 0 aliphatic heterocycles. The van der Waals surface area contributed by atoms with Crippen molar-refractivity contribution >= 4 is 17.9 Å². The van der Waals surface area contributed by atoms with E-state index < -0.39 is 6.10 Å². The Bertz CT molecular complexity index is 1410. The lowest BCUT2D eigenvalue weighted by Gasteiger charge is -2.18. The SMILES string of the molecule is CC/C=C\C/C=C\C/C=C\C/C=C\C/C=C\C/C=C\CCC(=O)OC[C@H](COC(=O)CCCCCCC/C=C\CCCCCC)OC(=O)CCCCCCCCCCCCC/C=C\CCCCCCCC. The third-order valence-corrected chi connectivity index (χ3v) is 12.6. The molecule has 0 aromatic carbocycles. The van der Waals surface area contributed by atoms with Crippen LogP contribution >= 0.6 is 0 Å². The molecule has 0 amide bonds. The van der Waals surface area contributed by atoms with Crippen molar-refractivity contribution < 1.29 is 28.6 Å². The number of hydrogen-bond donors (Lipinski definition) is 0. The summed E-state index contributed by atoms with van der Waals surface area (Å²) < 4.78 is 16.8. The number of carbonyl (C=O) groups is 3. The quantitative estimate of drug-likeness (QED) is 0.0261. The highest BCUT2D eigenvalue weighted by Gasteiger charge is 2.19. The van der Waals surface area contributed by atoms with Crippen molar-refractivity contribution in [2.24, 2.45) is 0 Å². The van der Waals surface area contributed by atoms with Crippen LogP contribution in [0.3, 0.4) is 0 Å². The number of allylic oxidation sites excluding steroid dienone is 16. The summed E-state index contributed by atoms with van der Waals surface area (Å²) in [7, 11) is 0. The van der Waals surface area contributed by atoms with Crippen LogP contribution in [-0.2, 0) is 28.6 Å². The van der Waals surface area contributed by atoms with Crippen LogP contribution < -0.4 is 0 Å². The smallest absolute Gasteiger partial charge is 0.306 e. The van der Waals surface area contributed by atoms with Gasteiger partial charge in [0.1, 0.15) is 13.2 Å². The topological polar surface area (TPSA) is 78.9 Å². The predicted molar refractivity (Wildman–Crippen MR) is 307 cm³/mol. The molecule has 71 heavy (non-hydrogen) atoms. The number of hydrogen-bond acceptors (Lipinski definition) is 6. The minimum Gasteiger partial charge on any atom is -0.462 e. The monoisotopic (exact) mass is 987 g/mol. The van der Waals surface area contributed by atoms with Gasteiger partial charge in [0.2, 0.25) is 0 Å². The van der Waals surface area contributed by atoms with Crippen molar-refractivity contribution in [1.82, 2.24) is 0 Å². The lowest BCUT2D eigenvalue weighted by molar-refractivity contribution is -0.166. The second-order valence-electron chi connectivity index (χ2n) is 19.5. The highest BCUT2D eigenvalue weighted by molar-refractivity contribution is 5.71. The molecule has 6 nitrogen and oxygen atoms in total. The van der Waals surface area contributed by atoms with E-state index in [9.17, 15) is 14.4 Å². The molecule has 0 saturated carbocycles. The van der Waals surface area contributed by atoms with Gasteiger partial charge in [0, 0.05) is 19.3 Å². The van der Waals surface area contributed by atoms with Gasteiger partial charge in [-0.3, -0.25) is 14.4 Å². The summed E-state index contributed by atoms with van der Waals surface area (Å²) in [5.74, 6) is -0.997. The maximum Gasteiger partial charge on any atom is 0.306 e. The first kappa shape index (κ1) is 67.3. The molecule has 0 rings (SSSR count). The average molecular weight is 988 g/mol. The Morgan fingerprint density at radius 3 is 0.958 bits per heavy atom. The van der Waals surface area contributed by atoms with Gasteiger partial charge in [-0.25, -0.2) is 0 Å². The lowest BCUT2D eigenvalue weighted by atomic mass is 10.0. The van der Waals surface area contributed by atoms with Crippen LogP contribution in [0.4, 0.5) is 0 Å². The van der Waals surface area contributed by atoms with E-state index in [0.717, 1.165) is 89.9 Å². The van der Waals surface area contributed by atoms with Gasteiger partial charge in [0.05, 0.1) is 0 Å². The molecule has 6 heteroatoms. The molecule has 0 N–H and O–H groups in total. The molecule has 406 valence electrons. The Kier molecular flexibility index (Phi) is 55.9. The summed E-state index contributed by atoms with van der Waals surface area (Å²) in [4.78, 5) is 38.2. The van der Waals surface area contributed by atoms with Crippen LogP contribution in [0.25, 0.3) is 0 Å². The highest BCUT2D eigenvalue weighted by Crippen LogP contribution is 2.15. The second-order valence-corrected chi connectivity index (χ2v) is 19.5. The third-order valence-electron chi connectivity index (χ3n) is 12.6. The van der Waals surface area contributed by atoms with E-state index in [1.807, 2.05) is 6.08 Å². The fraction of sp³-hybridized carbons (Fsp3) is 0.708. The van der Waals surface area contributed by atoms with Crippen molar-refractivity contribution in [3.8, 4) is 0 Å². The first-order chi connectivity index (χ1) is 35.0. The third kappa shape index (κ3) is 57.1. The summed E-state index contributed by atoms with van der Waals surface area (Å²) >= 11 is 0. The molecule has 0 spiro atoms. The largest absolute Gasteiger partial charge is 0.462 e. The minimum atomic E-state index is -0.813. The Morgan fingerprint density at radius 1 is 0.296 bits per heavy atom. The van der Waals surface area contributed by atoms with Crippen LogP contribution in [-0.4, -0.2) is 37.2 Å². The second kappa shape index (κ2) is 58.9. The van der Waals surface area contributed by atoms with Gasteiger partial charge in [-0.15, -0.1) is 0 Å². The molecular formula is C65H110O6. The predicted octanol–water partition coefficient (Wildman–Crippen LogP) is 20.1. The maximum absolute atomic E-state index is 12.9. The molecule has 0 heterocycles. The summed E-state index contributed by atoms with van der Waals surface area (Å²) in [6, 6.07) is 0. The summed E-state index contributed by atoms with van der Waals surface area (Å²) in [5, 5.41) is 0. The highest BCUT2D eigenvalue weighted by atomic mass is 16.6.